The molecule has 0 bridgehead atoms. The van der Waals surface area contributed by atoms with Gasteiger partial charge >= 0.3 is 0 Å². The van der Waals surface area contributed by atoms with Crippen LogP contribution >= 0.6 is 23.4 Å². The molecule has 0 unspecified atom stereocenters. The predicted molar refractivity (Wildman–Crippen MR) is 121 cm³/mol. The molecule has 0 aliphatic heterocycles. The van der Waals surface area contributed by atoms with E-state index in [1.807, 2.05) is 34.9 Å². The van der Waals surface area contributed by atoms with Crippen LogP contribution in [0.15, 0.2) is 76.5 Å². The van der Waals surface area contributed by atoms with E-state index in [1.54, 1.807) is 18.4 Å². The number of anilines is 1. The van der Waals surface area contributed by atoms with Gasteiger partial charge in [-0.25, -0.2) is 0 Å². The molecule has 0 saturated heterocycles. The van der Waals surface area contributed by atoms with Crippen LogP contribution in [0.25, 0.3) is 11.6 Å². The quantitative estimate of drug-likeness (QED) is 0.222. The van der Waals surface area contributed by atoms with Crippen LogP contribution in [0.3, 0.4) is 0 Å². The highest BCUT2D eigenvalue weighted by molar-refractivity contribution is 7.99. The number of halogens is 1. The van der Waals surface area contributed by atoms with Gasteiger partial charge in [0.25, 0.3) is 5.69 Å². The summed E-state index contributed by atoms with van der Waals surface area (Å²) in [4.78, 5) is 22.9. The van der Waals surface area contributed by atoms with E-state index in [4.69, 9.17) is 16.0 Å². The minimum Gasteiger partial charge on any atom is -0.461 e. The highest BCUT2D eigenvalue weighted by Crippen LogP contribution is 2.28. The van der Waals surface area contributed by atoms with Crippen LogP contribution in [-0.2, 0) is 11.3 Å². The number of carbonyl (C=O) groups is 1. The molecule has 0 atom stereocenters. The summed E-state index contributed by atoms with van der Waals surface area (Å²) in [6.45, 7) is 0.497. The zero-order chi connectivity index (χ0) is 22.5. The Kier molecular flexibility index (Phi) is 6.52. The Labute approximate surface area is 191 Å². The average Bonchev–Trinajstić information content (AvgIpc) is 3.44. The molecule has 2 heterocycles. The smallest absolute Gasteiger partial charge is 0.289 e. The molecule has 0 radical (unpaired) electrons. The molecule has 9 nitrogen and oxygen atoms in total. The molecule has 1 amide bonds. The van der Waals surface area contributed by atoms with E-state index in [0.29, 0.717) is 23.3 Å². The van der Waals surface area contributed by atoms with Crippen molar-refractivity contribution < 1.29 is 14.1 Å². The number of aromatic nitrogens is 3. The fraction of sp³-hybridized carbons (Fsp3) is 0.0952. The molecule has 0 aliphatic carbocycles. The Morgan fingerprint density at radius 1 is 1.16 bits per heavy atom. The minimum atomic E-state index is -0.602. The number of nitro benzene ring substituents is 1. The maximum absolute atomic E-state index is 12.4. The molecule has 2 aromatic carbocycles. The summed E-state index contributed by atoms with van der Waals surface area (Å²) in [5.41, 5.74) is 1.05. The average molecular weight is 470 g/mol. The van der Waals surface area contributed by atoms with E-state index in [-0.39, 0.29) is 28.1 Å². The lowest BCUT2D eigenvalue weighted by molar-refractivity contribution is -0.384. The first kappa shape index (κ1) is 21.6. The van der Waals surface area contributed by atoms with Gasteiger partial charge in [0.2, 0.25) is 11.7 Å². The third-order valence-electron chi connectivity index (χ3n) is 4.40. The lowest BCUT2D eigenvalue weighted by Gasteiger charge is -2.10. The first-order valence-corrected chi connectivity index (χ1v) is 10.7. The van der Waals surface area contributed by atoms with Gasteiger partial charge < -0.3 is 9.73 Å². The number of furan rings is 1. The van der Waals surface area contributed by atoms with Crippen LogP contribution in [-0.4, -0.2) is 31.3 Å². The van der Waals surface area contributed by atoms with Crippen LogP contribution in [0.4, 0.5) is 11.4 Å². The normalized spacial score (nSPS) is 10.8. The molecule has 32 heavy (non-hydrogen) atoms. The van der Waals surface area contributed by atoms with Gasteiger partial charge in [0.1, 0.15) is 5.02 Å². The summed E-state index contributed by atoms with van der Waals surface area (Å²) in [5.74, 6) is 0.801. The fourth-order valence-corrected chi connectivity index (χ4v) is 3.87. The van der Waals surface area contributed by atoms with E-state index >= 15 is 0 Å². The molecule has 0 fully saturated rings. The van der Waals surface area contributed by atoms with Crippen molar-refractivity contribution in [1.29, 1.82) is 0 Å². The Bertz CT molecular complexity index is 1240. The van der Waals surface area contributed by atoms with E-state index in [2.05, 4.69) is 15.5 Å². The SMILES string of the molecule is O=C(CSc1nnc(-c2ccco2)n1Cc1ccccc1)Nc1ccc(Cl)c([N+](=O)[O-])c1. The van der Waals surface area contributed by atoms with Gasteiger partial charge in [-0.3, -0.25) is 19.5 Å². The van der Waals surface area contributed by atoms with Crippen molar-refractivity contribution in [2.45, 2.75) is 11.7 Å². The van der Waals surface area contributed by atoms with Crippen molar-refractivity contribution >= 4 is 40.6 Å². The molecule has 0 spiro atoms. The second-order valence-electron chi connectivity index (χ2n) is 6.62. The maximum Gasteiger partial charge on any atom is 0.289 e. The van der Waals surface area contributed by atoms with Crippen LogP contribution in [0.2, 0.25) is 5.02 Å². The van der Waals surface area contributed by atoms with Gasteiger partial charge in [-0.05, 0) is 29.8 Å². The highest BCUT2D eigenvalue weighted by Gasteiger charge is 2.19. The largest absolute Gasteiger partial charge is 0.461 e. The van der Waals surface area contributed by atoms with E-state index < -0.39 is 4.92 Å². The predicted octanol–water partition coefficient (Wildman–Crippen LogP) is 4.88. The molecule has 4 rings (SSSR count). The summed E-state index contributed by atoms with van der Waals surface area (Å²) in [5, 5.41) is 22.7. The standard InChI is InChI=1S/C21H16ClN5O4S/c22-16-9-8-15(11-17(16)27(29)30)23-19(28)13-32-21-25-24-20(18-7-4-10-31-18)26(21)12-14-5-2-1-3-6-14/h1-11H,12-13H2,(H,23,28). The molecule has 2 aromatic heterocycles. The number of amides is 1. The highest BCUT2D eigenvalue weighted by atomic mass is 35.5. The van der Waals surface area contributed by atoms with Crippen LogP contribution in [0.5, 0.6) is 0 Å². The molecular formula is C21H16ClN5O4S. The molecule has 162 valence electrons. The van der Waals surface area contributed by atoms with E-state index in [9.17, 15) is 14.9 Å². The molecule has 1 N–H and O–H groups in total. The van der Waals surface area contributed by atoms with Crippen molar-refractivity contribution in [2.75, 3.05) is 11.1 Å². The van der Waals surface area contributed by atoms with Crippen molar-refractivity contribution in [2.24, 2.45) is 0 Å². The maximum atomic E-state index is 12.4. The Morgan fingerprint density at radius 3 is 2.69 bits per heavy atom. The van der Waals surface area contributed by atoms with Gasteiger partial charge in [0.05, 0.1) is 23.5 Å². The van der Waals surface area contributed by atoms with Gasteiger partial charge in [-0.15, -0.1) is 10.2 Å². The van der Waals surface area contributed by atoms with Crippen LogP contribution in [0.1, 0.15) is 5.56 Å². The summed E-state index contributed by atoms with van der Waals surface area (Å²) >= 11 is 7.01. The Balaban J connectivity index is 1.50. The number of benzene rings is 2. The topological polar surface area (TPSA) is 116 Å². The van der Waals surface area contributed by atoms with Gasteiger partial charge in [-0.1, -0.05) is 53.7 Å². The summed E-state index contributed by atoms with van der Waals surface area (Å²) < 4.78 is 7.35. The first-order chi connectivity index (χ1) is 15.5. The lowest BCUT2D eigenvalue weighted by Crippen LogP contribution is -2.15. The van der Waals surface area contributed by atoms with Crippen molar-refractivity contribution in [1.82, 2.24) is 14.8 Å². The monoisotopic (exact) mass is 469 g/mol. The molecule has 0 aliphatic rings. The summed E-state index contributed by atoms with van der Waals surface area (Å²) in [6, 6.07) is 17.4. The van der Waals surface area contributed by atoms with Gasteiger partial charge in [-0.2, -0.15) is 0 Å². The number of nitrogens with zero attached hydrogens (tertiary/aromatic N) is 4. The van der Waals surface area contributed by atoms with E-state index in [1.165, 1.54) is 30.0 Å². The lowest BCUT2D eigenvalue weighted by atomic mass is 10.2. The molecular weight excluding hydrogens is 454 g/mol. The number of nitrogens with one attached hydrogen (secondary N) is 1. The van der Waals surface area contributed by atoms with Crippen molar-refractivity contribution in [3.05, 3.63) is 87.6 Å². The number of thioether (sulfide) groups is 1. The van der Waals surface area contributed by atoms with Crippen LogP contribution in [0, 0.1) is 10.1 Å². The van der Waals surface area contributed by atoms with Crippen molar-refractivity contribution in [3.63, 3.8) is 0 Å². The van der Waals surface area contributed by atoms with Gasteiger partial charge in [0.15, 0.2) is 10.9 Å². The summed E-state index contributed by atoms with van der Waals surface area (Å²) in [7, 11) is 0. The number of carbonyl (C=O) groups excluding carboxylic acids is 1. The van der Waals surface area contributed by atoms with Crippen LogP contribution < -0.4 is 5.32 Å². The number of hydrogen-bond donors (Lipinski definition) is 1. The molecule has 11 heteroatoms. The van der Waals surface area contributed by atoms with Crippen molar-refractivity contribution in [3.8, 4) is 11.6 Å². The van der Waals surface area contributed by atoms with Gasteiger partial charge in [0, 0.05) is 11.8 Å². The minimum absolute atomic E-state index is 0.00171. The third kappa shape index (κ3) is 4.98. The molecule has 0 saturated carbocycles. The van der Waals surface area contributed by atoms with E-state index in [0.717, 1.165) is 5.56 Å². The fourth-order valence-electron chi connectivity index (χ4n) is 2.95. The number of hydrogen-bond acceptors (Lipinski definition) is 7. The zero-order valence-electron chi connectivity index (χ0n) is 16.5. The first-order valence-electron chi connectivity index (χ1n) is 9.39. The number of rotatable bonds is 8. The Morgan fingerprint density at radius 2 is 1.97 bits per heavy atom. The zero-order valence-corrected chi connectivity index (χ0v) is 18.0. The number of nitro groups is 1. The Hall–Kier alpha value is -3.63. The molecule has 4 aromatic rings. The second kappa shape index (κ2) is 9.67. The second-order valence-corrected chi connectivity index (χ2v) is 7.97. The summed E-state index contributed by atoms with van der Waals surface area (Å²) in [6.07, 6.45) is 1.56. The third-order valence-corrected chi connectivity index (χ3v) is 5.69.